The summed E-state index contributed by atoms with van der Waals surface area (Å²) in [7, 11) is 1.83. The first-order valence-corrected chi connectivity index (χ1v) is 7.64. The van der Waals surface area contributed by atoms with Crippen LogP contribution in [0.15, 0.2) is 24.8 Å². The number of hydrogen-bond donors (Lipinski definition) is 2. The van der Waals surface area contributed by atoms with Gasteiger partial charge in [0.05, 0.1) is 24.3 Å². The van der Waals surface area contributed by atoms with Crippen LogP contribution in [0.2, 0.25) is 0 Å². The van der Waals surface area contributed by atoms with Crippen molar-refractivity contribution in [2.24, 2.45) is 12.8 Å². The molecule has 2 heterocycles. The second kappa shape index (κ2) is 6.74. The zero-order chi connectivity index (χ0) is 16.2. The van der Waals surface area contributed by atoms with Crippen molar-refractivity contribution in [3.63, 3.8) is 0 Å². The Hall–Kier alpha value is -2.48. The number of carbonyl (C=O) groups excluding carboxylic acids is 1. The summed E-state index contributed by atoms with van der Waals surface area (Å²) in [5.74, 6) is 0.357. The Morgan fingerprint density at radius 3 is 2.65 bits per heavy atom. The summed E-state index contributed by atoms with van der Waals surface area (Å²) < 4.78 is 7.07. The van der Waals surface area contributed by atoms with Crippen molar-refractivity contribution in [3.8, 4) is 11.3 Å². The molecule has 8 heteroatoms. The second-order valence-corrected chi connectivity index (χ2v) is 5.76. The molecule has 0 atom stereocenters. The molecule has 0 aromatic carbocycles. The van der Waals surface area contributed by atoms with Gasteiger partial charge in [-0.15, -0.1) is 0 Å². The van der Waals surface area contributed by atoms with Crippen LogP contribution in [-0.4, -0.2) is 38.0 Å². The van der Waals surface area contributed by atoms with Crippen LogP contribution in [-0.2, 0) is 11.8 Å². The van der Waals surface area contributed by atoms with Crippen molar-refractivity contribution in [1.29, 1.82) is 0 Å². The molecule has 23 heavy (non-hydrogen) atoms. The first-order chi connectivity index (χ1) is 11.1. The van der Waals surface area contributed by atoms with Crippen LogP contribution in [0.5, 0.6) is 0 Å². The topological polar surface area (TPSA) is 108 Å². The van der Waals surface area contributed by atoms with Gasteiger partial charge in [-0.1, -0.05) is 0 Å². The highest BCUT2D eigenvalue weighted by molar-refractivity contribution is 5.83. The van der Waals surface area contributed by atoms with Gasteiger partial charge in [-0.3, -0.25) is 15.0 Å². The largest absolute Gasteiger partial charge is 0.446 e. The molecular weight excluding hydrogens is 296 g/mol. The van der Waals surface area contributed by atoms with Crippen molar-refractivity contribution in [2.45, 2.75) is 37.8 Å². The van der Waals surface area contributed by atoms with Crippen molar-refractivity contribution in [3.05, 3.63) is 24.8 Å². The molecule has 1 saturated carbocycles. The average Bonchev–Trinajstić information content (AvgIpc) is 2.97. The standard InChI is InChI=1S/C15H20N6O2/c1-21-9-10(6-19-21)13-7-18-14(8-17-13)20-15(22)23-12-4-2-11(16)3-5-12/h6-9,11-12H,2-5,16H2,1H3,(H,18,20,22)/t11-,12-. The van der Waals surface area contributed by atoms with Gasteiger partial charge >= 0.3 is 6.09 Å². The first-order valence-electron chi connectivity index (χ1n) is 7.64. The van der Waals surface area contributed by atoms with E-state index < -0.39 is 6.09 Å². The van der Waals surface area contributed by atoms with Gasteiger partial charge < -0.3 is 10.5 Å². The lowest BCUT2D eigenvalue weighted by Gasteiger charge is -2.25. The lowest BCUT2D eigenvalue weighted by molar-refractivity contribution is 0.0826. The van der Waals surface area contributed by atoms with Crippen LogP contribution >= 0.6 is 0 Å². The molecule has 3 rings (SSSR count). The predicted octanol–water partition coefficient (Wildman–Crippen LogP) is 1.70. The van der Waals surface area contributed by atoms with Crippen molar-refractivity contribution in [2.75, 3.05) is 5.32 Å². The number of anilines is 1. The van der Waals surface area contributed by atoms with Crippen LogP contribution < -0.4 is 11.1 Å². The zero-order valence-electron chi connectivity index (χ0n) is 13.0. The number of nitrogens with one attached hydrogen (secondary N) is 1. The third-order valence-corrected chi connectivity index (χ3v) is 3.88. The SMILES string of the molecule is Cn1cc(-c2cnc(NC(=O)O[C@H]3CC[C@H](N)CC3)cn2)cn1. The highest BCUT2D eigenvalue weighted by Crippen LogP contribution is 2.20. The van der Waals surface area contributed by atoms with E-state index in [1.807, 2.05) is 13.2 Å². The molecule has 0 unspecified atom stereocenters. The molecule has 0 radical (unpaired) electrons. The van der Waals surface area contributed by atoms with Gasteiger partial charge in [-0.2, -0.15) is 5.10 Å². The van der Waals surface area contributed by atoms with E-state index in [2.05, 4.69) is 20.4 Å². The number of carbonyl (C=O) groups is 1. The minimum Gasteiger partial charge on any atom is -0.446 e. The molecule has 2 aromatic rings. The Morgan fingerprint density at radius 2 is 2.04 bits per heavy atom. The van der Waals surface area contributed by atoms with Gasteiger partial charge in [-0.25, -0.2) is 9.78 Å². The van der Waals surface area contributed by atoms with Gasteiger partial charge in [0.1, 0.15) is 6.10 Å². The van der Waals surface area contributed by atoms with E-state index in [1.54, 1.807) is 17.1 Å². The van der Waals surface area contributed by atoms with Crippen LogP contribution in [0.4, 0.5) is 10.6 Å². The number of nitrogens with zero attached hydrogens (tertiary/aromatic N) is 4. The van der Waals surface area contributed by atoms with E-state index in [0.29, 0.717) is 11.5 Å². The van der Waals surface area contributed by atoms with Gasteiger partial charge in [0.25, 0.3) is 0 Å². The third kappa shape index (κ3) is 4.04. The Balaban J connectivity index is 1.54. The van der Waals surface area contributed by atoms with Crippen molar-refractivity contribution >= 4 is 11.9 Å². The minimum absolute atomic E-state index is 0.0718. The smallest absolute Gasteiger partial charge is 0.413 e. The van der Waals surface area contributed by atoms with Crippen LogP contribution in [0.25, 0.3) is 11.3 Å². The monoisotopic (exact) mass is 316 g/mol. The van der Waals surface area contributed by atoms with Crippen LogP contribution in [0, 0.1) is 0 Å². The van der Waals surface area contributed by atoms with Crippen molar-refractivity contribution < 1.29 is 9.53 Å². The molecule has 8 nitrogen and oxygen atoms in total. The van der Waals surface area contributed by atoms with E-state index in [1.165, 1.54) is 6.20 Å². The third-order valence-electron chi connectivity index (χ3n) is 3.88. The fourth-order valence-electron chi connectivity index (χ4n) is 2.59. The van der Waals surface area contributed by atoms with E-state index in [0.717, 1.165) is 31.2 Å². The van der Waals surface area contributed by atoms with E-state index >= 15 is 0 Å². The fraction of sp³-hybridized carbons (Fsp3) is 0.467. The number of nitrogens with two attached hydrogens (primary N) is 1. The number of ether oxygens (including phenoxy) is 1. The van der Waals surface area contributed by atoms with Crippen LogP contribution in [0.1, 0.15) is 25.7 Å². The Morgan fingerprint density at radius 1 is 1.26 bits per heavy atom. The van der Waals surface area contributed by atoms with Gasteiger partial charge in [0.15, 0.2) is 5.82 Å². The molecule has 1 aliphatic carbocycles. The predicted molar refractivity (Wildman–Crippen MR) is 84.6 cm³/mol. The molecular formula is C15H20N6O2. The molecule has 0 spiro atoms. The molecule has 1 amide bonds. The Bertz CT molecular complexity index is 661. The molecule has 0 aliphatic heterocycles. The minimum atomic E-state index is -0.506. The first kappa shape index (κ1) is 15.4. The normalized spacial score (nSPS) is 21.0. The molecule has 1 fully saturated rings. The summed E-state index contributed by atoms with van der Waals surface area (Å²) in [6.07, 6.45) is 9.45. The number of hydrogen-bond acceptors (Lipinski definition) is 6. The van der Waals surface area contributed by atoms with E-state index in [4.69, 9.17) is 10.5 Å². The van der Waals surface area contributed by atoms with Gasteiger partial charge in [0, 0.05) is 24.8 Å². The zero-order valence-corrected chi connectivity index (χ0v) is 13.0. The van der Waals surface area contributed by atoms with E-state index in [9.17, 15) is 4.79 Å². The summed E-state index contributed by atoms with van der Waals surface area (Å²) in [6.45, 7) is 0. The molecule has 2 aromatic heterocycles. The summed E-state index contributed by atoms with van der Waals surface area (Å²) >= 11 is 0. The summed E-state index contributed by atoms with van der Waals surface area (Å²) in [5.41, 5.74) is 7.40. The highest BCUT2D eigenvalue weighted by Gasteiger charge is 2.21. The quantitative estimate of drug-likeness (QED) is 0.892. The van der Waals surface area contributed by atoms with Crippen molar-refractivity contribution in [1.82, 2.24) is 19.7 Å². The Labute approximate surface area is 134 Å². The molecule has 0 saturated heterocycles. The second-order valence-electron chi connectivity index (χ2n) is 5.76. The summed E-state index contributed by atoms with van der Waals surface area (Å²) in [6, 6.07) is 0.226. The number of aryl methyl sites for hydroxylation is 1. The van der Waals surface area contributed by atoms with Gasteiger partial charge in [0.2, 0.25) is 0 Å². The number of aromatic nitrogens is 4. The summed E-state index contributed by atoms with van der Waals surface area (Å²) in [5, 5.41) is 6.68. The van der Waals surface area contributed by atoms with Crippen LogP contribution in [0.3, 0.4) is 0 Å². The Kier molecular flexibility index (Phi) is 4.52. The molecule has 0 bridgehead atoms. The maximum Gasteiger partial charge on any atom is 0.413 e. The molecule has 3 N–H and O–H groups in total. The number of amides is 1. The molecule has 1 aliphatic rings. The lowest BCUT2D eigenvalue weighted by atomic mass is 9.94. The summed E-state index contributed by atoms with van der Waals surface area (Å²) in [4.78, 5) is 20.3. The number of rotatable bonds is 3. The maximum atomic E-state index is 11.9. The molecule has 122 valence electrons. The average molecular weight is 316 g/mol. The lowest BCUT2D eigenvalue weighted by Crippen LogP contribution is -2.32. The fourth-order valence-corrected chi connectivity index (χ4v) is 2.59. The van der Waals surface area contributed by atoms with E-state index in [-0.39, 0.29) is 12.1 Å². The highest BCUT2D eigenvalue weighted by atomic mass is 16.6. The maximum absolute atomic E-state index is 11.9. The van der Waals surface area contributed by atoms with Gasteiger partial charge in [-0.05, 0) is 25.7 Å².